The van der Waals surface area contributed by atoms with E-state index in [1.54, 1.807) is 0 Å². The lowest BCUT2D eigenvalue weighted by molar-refractivity contribution is 0.534. The molecule has 1 unspecified atom stereocenters. The number of hydrogen-bond donors (Lipinski definition) is 0. The maximum absolute atomic E-state index is 6.07. The van der Waals surface area contributed by atoms with Crippen molar-refractivity contribution in [2.45, 2.75) is 38.7 Å². The summed E-state index contributed by atoms with van der Waals surface area (Å²) in [5.74, 6) is 3.84. The molecular weight excluding hydrogens is 268 g/mol. The third-order valence-electron chi connectivity index (χ3n) is 3.51. The van der Waals surface area contributed by atoms with Crippen molar-refractivity contribution in [3.8, 4) is 0 Å². The molecule has 0 aliphatic carbocycles. The summed E-state index contributed by atoms with van der Waals surface area (Å²) >= 11 is 8.07. The van der Waals surface area contributed by atoms with Crippen LogP contribution in [0.2, 0.25) is 0 Å². The van der Waals surface area contributed by atoms with Gasteiger partial charge in [0.15, 0.2) is 5.65 Å². The topological polar surface area (TPSA) is 35.6 Å². The molecular formula is C12H17ClN4S. The molecule has 4 nitrogen and oxygen atoms in total. The summed E-state index contributed by atoms with van der Waals surface area (Å²) in [6.45, 7) is 5.01. The first-order valence-corrected chi connectivity index (χ1v) is 8.03. The van der Waals surface area contributed by atoms with Crippen LogP contribution < -0.4 is 0 Å². The van der Waals surface area contributed by atoms with Crippen LogP contribution in [0.5, 0.6) is 0 Å². The zero-order valence-electron chi connectivity index (χ0n) is 10.7. The normalized spacial score (nSPS) is 20.1. The maximum Gasteiger partial charge on any atom is 0.159 e. The summed E-state index contributed by atoms with van der Waals surface area (Å²) in [5, 5.41) is 4.56. The molecule has 2 aromatic heterocycles. The summed E-state index contributed by atoms with van der Waals surface area (Å²) in [4.78, 5) is 4.68. The second-order valence-corrected chi connectivity index (χ2v) is 6.04. The fourth-order valence-corrected chi connectivity index (χ4v) is 4.04. The maximum atomic E-state index is 6.07. The van der Waals surface area contributed by atoms with Gasteiger partial charge in [0.1, 0.15) is 11.3 Å². The summed E-state index contributed by atoms with van der Waals surface area (Å²) in [7, 11) is 0. The number of fused-ring (bicyclic) bond motifs is 1. The number of thioether (sulfide) groups is 1. The molecule has 0 bridgehead atoms. The smallest absolute Gasteiger partial charge is 0.159 e. The first-order valence-electron chi connectivity index (χ1n) is 6.34. The number of halogens is 1. The number of hydrogen-bond acceptors (Lipinski definition) is 3. The molecule has 1 aliphatic heterocycles. The zero-order valence-corrected chi connectivity index (χ0v) is 12.3. The van der Waals surface area contributed by atoms with Crippen LogP contribution >= 0.6 is 23.4 Å². The SMILES string of the molecule is CCn1nc(C)c2nc(CCl)n(C3CCSC3)c21. The second-order valence-electron chi connectivity index (χ2n) is 4.62. The predicted octanol–water partition coefficient (Wildman–Crippen LogP) is 2.98. The number of rotatable bonds is 3. The van der Waals surface area contributed by atoms with E-state index in [1.165, 1.54) is 12.2 Å². The molecule has 0 amide bonds. The zero-order chi connectivity index (χ0) is 12.7. The van der Waals surface area contributed by atoms with Crippen LogP contribution in [0, 0.1) is 6.92 Å². The van der Waals surface area contributed by atoms with Gasteiger partial charge in [0.25, 0.3) is 0 Å². The number of imidazole rings is 1. The Morgan fingerprint density at radius 1 is 1.50 bits per heavy atom. The van der Waals surface area contributed by atoms with E-state index in [2.05, 4.69) is 26.3 Å². The van der Waals surface area contributed by atoms with Crippen molar-refractivity contribution in [1.29, 1.82) is 0 Å². The highest BCUT2D eigenvalue weighted by Crippen LogP contribution is 2.33. The van der Waals surface area contributed by atoms with Crippen molar-refractivity contribution in [3.05, 3.63) is 11.5 Å². The van der Waals surface area contributed by atoms with Gasteiger partial charge in [-0.1, -0.05) is 0 Å². The lowest BCUT2D eigenvalue weighted by Gasteiger charge is -2.15. The fraction of sp³-hybridized carbons (Fsp3) is 0.667. The van der Waals surface area contributed by atoms with E-state index in [-0.39, 0.29) is 0 Å². The molecule has 0 aromatic carbocycles. The first kappa shape index (κ1) is 12.4. The molecule has 0 spiro atoms. The average molecular weight is 285 g/mol. The third kappa shape index (κ3) is 1.75. The molecule has 6 heteroatoms. The van der Waals surface area contributed by atoms with Crippen LogP contribution in [0.15, 0.2) is 0 Å². The molecule has 0 radical (unpaired) electrons. The molecule has 98 valence electrons. The lowest BCUT2D eigenvalue weighted by atomic mass is 10.2. The van der Waals surface area contributed by atoms with Crippen molar-refractivity contribution in [2.24, 2.45) is 0 Å². The van der Waals surface area contributed by atoms with Gasteiger partial charge in [0.2, 0.25) is 0 Å². The highest BCUT2D eigenvalue weighted by atomic mass is 35.5. The predicted molar refractivity (Wildman–Crippen MR) is 76.5 cm³/mol. The van der Waals surface area contributed by atoms with Crippen molar-refractivity contribution in [1.82, 2.24) is 19.3 Å². The van der Waals surface area contributed by atoms with Gasteiger partial charge < -0.3 is 4.57 Å². The van der Waals surface area contributed by atoms with Crippen molar-refractivity contribution < 1.29 is 0 Å². The number of nitrogens with zero attached hydrogens (tertiary/aromatic N) is 4. The van der Waals surface area contributed by atoms with E-state index in [1.807, 2.05) is 18.7 Å². The van der Waals surface area contributed by atoms with Crippen LogP contribution in [-0.4, -0.2) is 30.8 Å². The van der Waals surface area contributed by atoms with Crippen molar-refractivity contribution >= 4 is 34.5 Å². The Bertz CT molecular complexity index is 568. The lowest BCUT2D eigenvalue weighted by Crippen LogP contribution is -2.14. The van der Waals surface area contributed by atoms with E-state index in [0.717, 1.165) is 35.0 Å². The Morgan fingerprint density at radius 2 is 2.33 bits per heavy atom. The molecule has 1 aliphatic rings. The van der Waals surface area contributed by atoms with Gasteiger partial charge in [-0.3, -0.25) is 0 Å². The van der Waals surface area contributed by atoms with Gasteiger partial charge in [-0.05, 0) is 26.0 Å². The minimum absolute atomic E-state index is 0.471. The van der Waals surface area contributed by atoms with Crippen molar-refractivity contribution in [2.75, 3.05) is 11.5 Å². The Hall–Kier alpha value is -0.680. The monoisotopic (exact) mass is 284 g/mol. The number of aromatic nitrogens is 4. The van der Waals surface area contributed by atoms with Gasteiger partial charge in [0.05, 0.1) is 11.6 Å². The highest BCUT2D eigenvalue weighted by molar-refractivity contribution is 7.99. The third-order valence-corrected chi connectivity index (χ3v) is 4.89. The standard InChI is InChI=1S/C12H17ClN4S/c1-3-16-12-11(8(2)15-16)14-10(6-13)17(12)9-4-5-18-7-9/h9H,3-7H2,1-2H3. The Morgan fingerprint density at radius 3 is 2.94 bits per heavy atom. The van der Waals surface area contributed by atoms with Gasteiger partial charge in [0, 0.05) is 18.3 Å². The minimum Gasteiger partial charge on any atom is -0.308 e. The quantitative estimate of drug-likeness (QED) is 0.813. The second kappa shape index (κ2) is 4.78. The molecule has 3 rings (SSSR count). The fourth-order valence-electron chi connectivity index (χ4n) is 2.66. The molecule has 0 N–H and O–H groups in total. The van der Waals surface area contributed by atoms with Crippen LogP contribution in [0.25, 0.3) is 11.2 Å². The van der Waals surface area contributed by atoms with E-state index in [0.29, 0.717) is 11.9 Å². The molecule has 1 fully saturated rings. The first-order chi connectivity index (χ1) is 8.76. The summed E-state index contributed by atoms with van der Waals surface area (Å²) in [6, 6.07) is 0.523. The minimum atomic E-state index is 0.471. The van der Waals surface area contributed by atoms with Crippen LogP contribution in [-0.2, 0) is 12.4 Å². The molecule has 0 saturated carbocycles. The summed E-state index contributed by atoms with van der Waals surface area (Å²) in [5.41, 5.74) is 3.17. The molecule has 1 saturated heterocycles. The highest BCUT2D eigenvalue weighted by Gasteiger charge is 2.25. The Balaban J connectivity index is 2.24. The van der Waals surface area contributed by atoms with Gasteiger partial charge >= 0.3 is 0 Å². The summed E-state index contributed by atoms with van der Waals surface area (Å²) in [6.07, 6.45) is 1.20. The number of aryl methyl sites for hydroxylation is 2. The van der Waals surface area contributed by atoms with Crippen LogP contribution in [0.1, 0.15) is 30.9 Å². The molecule has 2 aromatic rings. The van der Waals surface area contributed by atoms with Gasteiger partial charge in [-0.25, -0.2) is 9.67 Å². The van der Waals surface area contributed by atoms with E-state index >= 15 is 0 Å². The van der Waals surface area contributed by atoms with E-state index in [9.17, 15) is 0 Å². The van der Waals surface area contributed by atoms with E-state index in [4.69, 9.17) is 11.6 Å². The Labute approximate surface area is 116 Å². The largest absolute Gasteiger partial charge is 0.308 e. The average Bonchev–Trinajstić information content (AvgIpc) is 3.05. The number of alkyl halides is 1. The molecule has 18 heavy (non-hydrogen) atoms. The van der Waals surface area contributed by atoms with E-state index < -0.39 is 0 Å². The van der Waals surface area contributed by atoms with Gasteiger partial charge in [-0.15, -0.1) is 11.6 Å². The molecule has 3 heterocycles. The van der Waals surface area contributed by atoms with Crippen LogP contribution in [0.3, 0.4) is 0 Å². The molecule has 1 atom stereocenters. The van der Waals surface area contributed by atoms with Crippen molar-refractivity contribution in [3.63, 3.8) is 0 Å². The van der Waals surface area contributed by atoms with Gasteiger partial charge in [-0.2, -0.15) is 16.9 Å². The Kier molecular flexibility index (Phi) is 3.28. The van der Waals surface area contributed by atoms with Crippen LogP contribution in [0.4, 0.5) is 0 Å². The summed E-state index contributed by atoms with van der Waals surface area (Å²) < 4.78 is 4.38.